The molecule has 3 nitrogen and oxygen atoms in total. The number of hydrogen-bond acceptors (Lipinski definition) is 2. The number of rotatable bonds is 1. The fourth-order valence-corrected chi connectivity index (χ4v) is 3.45. The second-order valence-corrected chi connectivity index (χ2v) is 8.11. The summed E-state index contributed by atoms with van der Waals surface area (Å²) in [4.78, 5) is 9.34. The second kappa shape index (κ2) is 6.21. The highest BCUT2D eigenvalue weighted by atomic mass is 35.5. The molecule has 1 heterocycles. The van der Waals surface area contributed by atoms with Crippen molar-refractivity contribution in [3.05, 3.63) is 70.6 Å². The molecule has 2 aromatic carbocycles. The summed E-state index contributed by atoms with van der Waals surface area (Å²) in [5, 5.41) is 0.571. The van der Waals surface area contributed by atoms with Crippen molar-refractivity contribution < 1.29 is 13.2 Å². The van der Waals surface area contributed by atoms with Crippen molar-refractivity contribution in [3.63, 3.8) is 0 Å². The fourth-order valence-electron chi connectivity index (χ4n) is 3.28. The van der Waals surface area contributed by atoms with Crippen LogP contribution >= 0.6 is 11.6 Å². The Bertz CT molecular complexity index is 1090. The highest BCUT2D eigenvalue weighted by Gasteiger charge is 2.33. The van der Waals surface area contributed by atoms with E-state index in [9.17, 15) is 13.2 Å². The molecule has 0 saturated heterocycles. The lowest BCUT2D eigenvalue weighted by Crippen LogP contribution is -2.14. The molecule has 28 heavy (non-hydrogen) atoms. The normalized spacial score (nSPS) is 15.0. The Hall–Kier alpha value is -2.60. The van der Waals surface area contributed by atoms with Crippen molar-refractivity contribution in [3.8, 4) is 16.9 Å². The first kappa shape index (κ1) is 18.7. The largest absolute Gasteiger partial charge is 0.416 e. The van der Waals surface area contributed by atoms with E-state index < -0.39 is 11.7 Å². The molecule has 0 spiro atoms. The van der Waals surface area contributed by atoms with Crippen molar-refractivity contribution in [1.29, 1.82) is 0 Å². The zero-order valence-electron chi connectivity index (χ0n) is 15.5. The van der Waals surface area contributed by atoms with Crippen LogP contribution in [-0.2, 0) is 6.18 Å². The van der Waals surface area contributed by atoms with E-state index in [1.807, 2.05) is 32.9 Å². The number of benzene rings is 2. The number of imidazole rings is 1. The lowest BCUT2D eigenvalue weighted by atomic mass is 10.1. The molecule has 0 fully saturated rings. The topological polar surface area (TPSA) is 30.2 Å². The molecule has 0 atom stereocenters. The molecule has 0 unspecified atom stereocenters. The lowest BCUT2D eigenvalue weighted by Gasteiger charge is -2.14. The molecule has 1 aromatic heterocycles. The number of aliphatic imine (C=N–C) groups is 1. The van der Waals surface area contributed by atoms with Crippen molar-refractivity contribution in [2.24, 2.45) is 4.99 Å². The maximum Gasteiger partial charge on any atom is 0.416 e. The average molecular weight is 404 g/mol. The van der Waals surface area contributed by atoms with Gasteiger partial charge in [0.2, 0.25) is 0 Å². The summed E-state index contributed by atoms with van der Waals surface area (Å²) in [6.07, 6.45) is -2.77. The summed E-state index contributed by atoms with van der Waals surface area (Å²) >= 11 is 6.21. The minimum atomic E-state index is -4.37. The van der Waals surface area contributed by atoms with Gasteiger partial charge in [-0.25, -0.2) is 4.98 Å². The molecule has 0 amide bonds. The highest BCUT2D eigenvalue weighted by Crippen LogP contribution is 2.40. The summed E-state index contributed by atoms with van der Waals surface area (Å²) in [5.74, 6) is 0. The van der Waals surface area contributed by atoms with Gasteiger partial charge < -0.3 is 0 Å². The minimum absolute atomic E-state index is 0.314. The highest BCUT2D eigenvalue weighted by molar-refractivity contribution is 6.32. The molecule has 4 rings (SSSR count). The van der Waals surface area contributed by atoms with E-state index in [0.29, 0.717) is 16.4 Å². The van der Waals surface area contributed by atoms with Crippen LogP contribution in [0, 0.1) is 0 Å². The zero-order chi connectivity index (χ0) is 20.3. The summed E-state index contributed by atoms with van der Waals surface area (Å²) < 4.78 is 40.4. The fraction of sp³-hybridized carbons (Fsp3) is 0.238. The Morgan fingerprint density at radius 3 is 2.25 bits per heavy atom. The van der Waals surface area contributed by atoms with Gasteiger partial charge in [0.1, 0.15) is 12.0 Å². The quantitative estimate of drug-likeness (QED) is 0.374. The van der Waals surface area contributed by atoms with Crippen LogP contribution < -0.4 is 0 Å². The summed E-state index contributed by atoms with van der Waals surface area (Å²) in [6.45, 7) is 6.00. The molecule has 0 aliphatic heterocycles. The Morgan fingerprint density at radius 2 is 1.64 bits per heavy atom. The van der Waals surface area contributed by atoms with Gasteiger partial charge in [0, 0.05) is 21.8 Å². The standard InChI is InChI=1S/C21H17ClF3N3/c1-20(2,3)27-17-15-9-6-13(22)10-16(15)19-18(17)26-11-28(19)14-7-4-12(5-8-14)21(23,24)25/h4-11H,1-3H3. The third kappa shape index (κ3) is 3.22. The van der Waals surface area contributed by atoms with Crippen LogP contribution in [0.4, 0.5) is 13.2 Å². The van der Waals surface area contributed by atoms with E-state index in [0.717, 1.165) is 34.7 Å². The van der Waals surface area contributed by atoms with E-state index in [1.54, 1.807) is 17.0 Å². The van der Waals surface area contributed by atoms with E-state index in [1.165, 1.54) is 12.1 Å². The maximum absolute atomic E-state index is 12.9. The van der Waals surface area contributed by atoms with Crippen LogP contribution in [0.1, 0.15) is 37.6 Å². The summed E-state index contributed by atoms with van der Waals surface area (Å²) in [7, 11) is 0. The Kier molecular flexibility index (Phi) is 4.16. The van der Waals surface area contributed by atoms with Crippen LogP contribution in [0.3, 0.4) is 0 Å². The smallest absolute Gasteiger partial charge is 0.298 e. The summed E-state index contributed by atoms with van der Waals surface area (Å²) in [6, 6.07) is 10.6. The van der Waals surface area contributed by atoms with Crippen LogP contribution in [0.2, 0.25) is 5.02 Å². The molecule has 1 aliphatic rings. The van der Waals surface area contributed by atoms with Crippen molar-refractivity contribution in [2.45, 2.75) is 32.5 Å². The first-order chi connectivity index (χ1) is 13.0. The van der Waals surface area contributed by atoms with Crippen LogP contribution in [-0.4, -0.2) is 20.8 Å². The monoisotopic (exact) mass is 403 g/mol. The number of alkyl halides is 3. The molecule has 0 radical (unpaired) electrons. The molecule has 7 heteroatoms. The van der Waals surface area contributed by atoms with Gasteiger partial charge in [0.05, 0.1) is 22.5 Å². The molecule has 144 valence electrons. The molecule has 1 aliphatic carbocycles. The van der Waals surface area contributed by atoms with Crippen molar-refractivity contribution in [1.82, 2.24) is 9.55 Å². The molecular weight excluding hydrogens is 387 g/mol. The number of fused-ring (bicyclic) bond motifs is 3. The van der Waals surface area contributed by atoms with Gasteiger partial charge in [-0.2, -0.15) is 13.2 Å². The molecule has 3 aromatic rings. The predicted molar refractivity (Wildman–Crippen MR) is 104 cm³/mol. The number of nitrogens with zero attached hydrogens (tertiary/aromatic N) is 3. The molecular formula is C21H17ClF3N3. The Labute approximate surface area is 165 Å². The zero-order valence-corrected chi connectivity index (χ0v) is 16.2. The van der Waals surface area contributed by atoms with Gasteiger partial charge in [-0.1, -0.05) is 17.7 Å². The number of halogens is 4. The van der Waals surface area contributed by atoms with E-state index in [4.69, 9.17) is 16.6 Å². The average Bonchev–Trinajstić information content (AvgIpc) is 3.13. The molecule has 0 bridgehead atoms. The van der Waals surface area contributed by atoms with E-state index in [2.05, 4.69) is 4.98 Å². The molecule has 0 saturated carbocycles. The van der Waals surface area contributed by atoms with Gasteiger partial charge in [0.15, 0.2) is 0 Å². The van der Waals surface area contributed by atoms with Crippen LogP contribution in [0.15, 0.2) is 53.8 Å². The molecule has 0 N–H and O–H groups in total. The lowest BCUT2D eigenvalue weighted by molar-refractivity contribution is -0.137. The number of aromatic nitrogens is 2. The van der Waals surface area contributed by atoms with Gasteiger partial charge >= 0.3 is 6.18 Å². The van der Waals surface area contributed by atoms with Crippen molar-refractivity contribution in [2.75, 3.05) is 0 Å². The van der Waals surface area contributed by atoms with Crippen molar-refractivity contribution >= 4 is 17.3 Å². The summed E-state index contributed by atoms with van der Waals surface area (Å²) in [5.41, 5.74) is 3.61. The second-order valence-electron chi connectivity index (χ2n) is 7.68. The van der Waals surface area contributed by atoms with Crippen LogP contribution in [0.25, 0.3) is 16.9 Å². The predicted octanol–water partition coefficient (Wildman–Crippen LogP) is 6.16. The first-order valence-corrected chi connectivity index (χ1v) is 9.08. The van der Waals surface area contributed by atoms with Gasteiger partial charge in [-0.3, -0.25) is 9.56 Å². The van der Waals surface area contributed by atoms with Gasteiger partial charge in [0.25, 0.3) is 0 Å². The Morgan fingerprint density at radius 1 is 0.964 bits per heavy atom. The van der Waals surface area contributed by atoms with Gasteiger partial charge in [-0.05, 0) is 57.2 Å². The first-order valence-electron chi connectivity index (χ1n) is 8.70. The Balaban J connectivity index is 1.90. The van der Waals surface area contributed by atoms with Crippen LogP contribution in [0.5, 0.6) is 0 Å². The third-order valence-electron chi connectivity index (χ3n) is 4.40. The minimum Gasteiger partial charge on any atom is -0.298 e. The van der Waals surface area contributed by atoms with E-state index >= 15 is 0 Å². The maximum atomic E-state index is 12.9. The van der Waals surface area contributed by atoms with E-state index in [-0.39, 0.29) is 5.54 Å². The number of hydrogen-bond donors (Lipinski definition) is 0. The third-order valence-corrected chi connectivity index (χ3v) is 4.64. The SMILES string of the molecule is CC(C)(C)N=C1c2ccc(Cl)cc2-c2c1ncn2-c1ccc(C(F)(F)F)cc1. The van der Waals surface area contributed by atoms with Gasteiger partial charge in [-0.15, -0.1) is 0 Å².